The lowest BCUT2D eigenvalue weighted by molar-refractivity contribution is 0.0733. The third kappa shape index (κ3) is 6.55. The van der Waals surface area contributed by atoms with Crippen LogP contribution in [0.4, 0.5) is 0 Å². The molecule has 25 heavy (non-hydrogen) atoms. The molecule has 0 aliphatic rings. The molecule has 134 valence electrons. The zero-order valence-electron chi connectivity index (χ0n) is 15.0. The van der Waals surface area contributed by atoms with Crippen molar-refractivity contribution < 1.29 is 9.53 Å². The molecule has 0 unspecified atom stereocenters. The fourth-order valence-corrected chi connectivity index (χ4v) is 3.07. The summed E-state index contributed by atoms with van der Waals surface area (Å²) >= 11 is 6.07. The van der Waals surface area contributed by atoms with E-state index in [1.165, 1.54) is 38.5 Å². The number of rotatable bonds is 10. The number of para-hydroxylation sites is 1. The molecule has 0 aliphatic heterocycles. The Hall–Kier alpha value is -1.80. The number of halogens is 1. The van der Waals surface area contributed by atoms with Crippen molar-refractivity contribution in [3.05, 3.63) is 64.7 Å². The van der Waals surface area contributed by atoms with Gasteiger partial charge in [-0.05, 0) is 36.6 Å². The second-order valence-electron chi connectivity index (χ2n) is 6.35. The van der Waals surface area contributed by atoms with Gasteiger partial charge in [-0.1, -0.05) is 87.4 Å². The highest BCUT2D eigenvalue weighted by atomic mass is 35.5. The van der Waals surface area contributed by atoms with Gasteiger partial charge >= 0.3 is 5.97 Å². The van der Waals surface area contributed by atoms with Crippen LogP contribution in [0.2, 0.25) is 5.02 Å². The van der Waals surface area contributed by atoms with Crippen LogP contribution < -0.4 is 4.74 Å². The second-order valence-corrected chi connectivity index (χ2v) is 6.76. The monoisotopic (exact) mass is 358 g/mol. The van der Waals surface area contributed by atoms with Crippen molar-refractivity contribution in [2.75, 3.05) is 0 Å². The van der Waals surface area contributed by atoms with Gasteiger partial charge < -0.3 is 4.74 Å². The van der Waals surface area contributed by atoms with E-state index in [0.29, 0.717) is 16.3 Å². The van der Waals surface area contributed by atoms with Gasteiger partial charge in [-0.15, -0.1) is 0 Å². The number of hydrogen-bond acceptors (Lipinski definition) is 2. The first-order chi connectivity index (χ1) is 12.2. The third-order valence-electron chi connectivity index (χ3n) is 4.33. The zero-order valence-corrected chi connectivity index (χ0v) is 15.7. The fraction of sp³-hybridized carbons (Fsp3) is 0.409. The summed E-state index contributed by atoms with van der Waals surface area (Å²) in [6, 6.07) is 14.7. The summed E-state index contributed by atoms with van der Waals surface area (Å²) in [7, 11) is 0. The van der Waals surface area contributed by atoms with Gasteiger partial charge in [0.05, 0.1) is 10.6 Å². The quantitative estimate of drug-likeness (QED) is 0.263. The van der Waals surface area contributed by atoms with E-state index in [0.717, 1.165) is 18.4 Å². The maximum atomic E-state index is 12.5. The molecule has 0 amide bonds. The number of carbonyl (C=O) groups excluding carboxylic acids is 1. The number of esters is 1. The van der Waals surface area contributed by atoms with Crippen molar-refractivity contribution in [3.63, 3.8) is 0 Å². The van der Waals surface area contributed by atoms with Crippen LogP contribution in [0.1, 0.15) is 67.8 Å². The van der Waals surface area contributed by atoms with Gasteiger partial charge in [-0.2, -0.15) is 0 Å². The van der Waals surface area contributed by atoms with Crippen LogP contribution >= 0.6 is 11.6 Å². The molecule has 0 atom stereocenters. The van der Waals surface area contributed by atoms with Gasteiger partial charge in [-0.3, -0.25) is 0 Å². The average Bonchev–Trinajstić information content (AvgIpc) is 2.63. The Morgan fingerprint density at radius 1 is 0.880 bits per heavy atom. The Morgan fingerprint density at radius 2 is 1.52 bits per heavy atom. The van der Waals surface area contributed by atoms with Gasteiger partial charge in [0.2, 0.25) is 0 Å². The van der Waals surface area contributed by atoms with Crippen LogP contribution in [0, 0.1) is 0 Å². The summed E-state index contributed by atoms with van der Waals surface area (Å²) in [6.07, 6.45) is 9.73. The van der Waals surface area contributed by atoms with Crippen LogP contribution in [0.5, 0.6) is 5.75 Å². The van der Waals surface area contributed by atoms with Gasteiger partial charge in [0.15, 0.2) is 0 Å². The normalized spacial score (nSPS) is 10.6. The minimum Gasteiger partial charge on any atom is -0.421 e. The SMILES string of the molecule is CCCCCCCCCc1ccccc1C(=O)Oc1ccccc1Cl. The third-order valence-corrected chi connectivity index (χ3v) is 4.64. The predicted molar refractivity (Wildman–Crippen MR) is 105 cm³/mol. The van der Waals surface area contributed by atoms with Crippen LogP contribution in [0.15, 0.2) is 48.5 Å². The number of benzene rings is 2. The Balaban J connectivity index is 1.89. The molecule has 0 fully saturated rings. The minimum absolute atomic E-state index is 0.341. The predicted octanol–water partition coefficient (Wildman–Crippen LogP) is 6.85. The zero-order chi connectivity index (χ0) is 17.9. The molecule has 0 aromatic heterocycles. The maximum absolute atomic E-state index is 12.5. The van der Waals surface area contributed by atoms with Crippen molar-refractivity contribution in [2.45, 2.75) is 58.3 Å². The van der Waals surface area contributed by atoms with Crippen LogP contribution in [-0.4, -0.2) is 5.97 Å². The lowest BCUT2D eigenvalue weighted by Gasteiger charge is -2.10. The minimum atomic E-state index is -0.341. The second kappa shape index (κ2) is 10.9. The number of unbranched alkanes of at least 4 members (excludes halogenated alkanes) is 6. The first-order valence-corrected chi connectivity index (χ1v) is 9.64. The highest BCUT2D eigenvalue weighted by molar-refractivity contribution is 6.32. The lowest BCUT2D eigenvalue weighted by Crippen LogP contribution is -2.11. The maximum Gasteiger partial charge on any atom is 0.343 e. The van der Waals surface area contributed by atoms with E-state index >= 15 is 0 Å². The Kier molecular flexibility index (Phi) is 8.54. The van der Waals surface area contributed by atoms with Crippen molar-refractivity contribution in [1.82, 2.24) is 0 Å². The smallest absolute Gasteiger partial charge is 0.343 e. The average molecular weight is 359 g/mol. The molecule has 0 N–H and O–H groups in total. The molecule has 2 aromatic carbocycles. The van der Waals surface area contributed by atoms with Crippen LogP contribution in [-0.2, 0) is 6.42 Å². The molecule has 0 saturated carbocycles. The molecule has 0 spiro atoms. The molecule has 0 bridgehead atoms. The summed E-state index contributed by atoms with van der Waals surface area (Å²) < 4.78 is 5.47. The highest BCUT2D eigenvalue weighted by Gasteiger charge is 2.14. The number of hydrogen-bond donors (Lipinski definition) is 0. The first-order valence-electron chi connectivity index (χ1n) is 9.27. The highest BCUT2D eigenvalue weighted by Crippen LogP contribution is 2.25. The van der Waals surface area contributed by atoms with Crippen molar-refractivity contribution >= 4 is 17.6 Å². The van der Waals surface area contributed by atoms with Gasteiger partial charge in [0, 0.05) is 0 Å². The standard InChI is InChI=1S/C22H27ClO2/c1-2-3-4-5-6-7-8-13-18-14-9-10-15-19(18)22(24)25-21-17-12-11-16-20(21)23/h9-12,14-17H,2-8,13H2,1H3. The first kappa shape index (κ1) is 19.5. The van der Waals surface area contributed by atoms with E-state index in [4.69, 9.17) is 16.3 Å². The molecular formula is C22H27ClO2. The molecule has 0 radical (unpaired) electrons. The number of ether oxygens (including phenoxy) is 1. The molecule has 0 aliphatic carbocycles. The largest absolute Gasteiger partial charge is 0.421 e. The molecule has 0 heterocycles. The molecular weight excluding hydrogens is 332 g/mol. The van der Waals surface area contributed by atoms with E-state index in [1.54, 1.807) is 18.2 Å². The van der Waals surface area contributed by atoms with Crippen LogP contribution in [0.25, 0.3) is 0 Å². The lowest BCUT2D eigenvalue weighted by atomic mass is 10.0. The molecule has 2 nitrogen and oxygen atoms in total. The molecule has 2 rings (SSSR count). The topological polar surface area (TPSA) is 26.3 Å². The summed E-state index contributed by atoms with van der Waals surface area (Å²) in [6.45, 7) is 2.23. The summed E-state index contributed by atoms with van der Waals surface area (Å²) in [5.74, 6) is 0.0616. The van der Waals surface area contributed by atoms with E-state index in [9.17, 15) is 4.79 Å². The van der Waals surface area contributed by atoms with Gasteiger partial charge in [0.1, 0.15) is 5.75 Å². The van der Waals surface area contributed by atoms with E-state index in [1.807, 2.05) is 30.3 Å². The molecule has 2 aromatic rings. The van der Waals surface area contributed by atoms with Crippen molar-refractivity contribution in [1.29, 1.82) is 0 Å². The fourth-order valence-electron chi connectivity index (χ4n) is 2.89. The summed E-state index contributed by atoms with van der Waals surface area (Å²) in [5.41, 5.74) is 1.68. The van der Waals surface area contributed by atoms with Gasteiger partial charge in [0.25, 0.3) is 0 Å². The molecule has 3 heteroatoms. The Bertz CT molecular complexity index is 667. The van der Waals surface area contributed by atoms with Gasteiger partial charge in [-0.25, -0.2) is 4.79 Å². The van der Waals surface area contributed by atoms with Crippen LogP contribution in [0.3, 0.4) is 0 Å². The number of carbonyl (C=O) groups is 1. The van der Waals surface area contributed by atoms with Crippen molar-refractivity contribution in [2.24, 2.45) is 0 Å². The summed E-state index contributed by atoms with van der Waals surface area (Å²) in [5, 5.41) is 0.445. The van der Waals surface area contributed by atoms with E-state index < -0.39 is 0 Å². The summed E-state index contributed by atoms with van der Waals surface area (Å²) in [4.78, 5) is 12.5. The molecule has 0 saturated heterocycles. The van der Waals surface area contributed by atoms with E-state index in [-0.39, 0.29) is 5.97 Å². The number of aryl methyl sites for hydroxylation is 1. The van der Waals surface area contributed by atoms with Crippen molar-refractivity contribution in [3.8, 4) is 5.75 Å². The Morgan fingerprint density at radius 3 is 2.28 bits per heavy atom. The Labute approximate surface area is 156 Å². The van der Waals surface area contributed by atoms with E-state index in [2.05, 4.69) is 6.92 Å².